The maximum Gasteiger partial charge on any atom is 0.352 e. The van der Waals surface area contributed by atoms with E-state index >= 15 is 0 Å². The van der Waals surface area contributed by atoms with Crippen LogP contribution in [0.3, 0.4) is 0 Å². The molecule has 1 aromatic carbocycles. The summed E-state index contributed by atoms with van der Waals surface area (Å²) in [5.41, 5.74) is 5.16. The van der Waals surface area contributed by atoms with Crippen LogP contribution in [-0.2, 0) is 37.0 Å². The molecule has 2 aliphatic rings. The van der Waals surface area contributed by atoms with Gasteiger partial charge >= 0.3 is 17.9 Å². The van der Waals surface area contributed by atoms with Gasteiger partial charge in [-0.15, -0.1) is 34.9 Å². The van der Waals surface area contributed by atoms with Gasteiger partial charge in [0, 0.05) is 22.4 Å². The second kappa shape index (κ2) is 14.1. The maximum absolute atomic E-state index is 13.5. The molecule has 5 heterocycles. The summed E-state index contributed by atoms with van der Waals surface area (Å²) in [6, 6.07) is 2.12. The number of aromatic carboxylic acids is 1. The fourth-order valence-corrected chi connectivity index (χ4v) is 8.11. The number of oxime groups is 1. The molecule has 4 aromatic rings. The van der Waals surface area contributed by atoms with Gasteiger partial charge in [-0.2, -0.15) is 14.6 Å². The Balaban J connectivity index is 1.19. The number of nitrogens with two attached hydrogens (primary N) is 1. The van der Waals surface area contributed by atoms with E-state index in [2.05, 4.69) is 30.5 Å². The van der Waals surface area contributed by atoms with E-state index < -0.39 is 70.5 Å². The number of carboxylic acids is 3. The highest BCUT2D eigenvalue weighted by Crippen LogP contribution is 2.41. The summed E-state index contributed by atoms with van der Waals surface area (Å²) in [5, 5.41) is 59.9. The number of carboxylic acid groups (broad SMARTS) is 3. The van der Waals surface area contributed by atoms with E-state index in [1.807, 2.05) is 0 Å². The van der Waals surface area contributed by atoms with E-state index in [0.717, 1.165) is 40.1 Å². The van der Waals surface area contributed by atoms with Crippen LogP contribution < -0.4 is 11.1 Å². The number of nitrogen functional groups attached to an aromatic ring is 1. The summed E-state index contributed by atoms with van der Waals surface area (Å²) in [7, 11) is 0. The van der Waals surface area contributed by atoms with Crippen molar-refractivity contribution in [3.63, 3.8) is 0 Å². The molecule has 0 saturated carbocycles. The maximum atomic E-state index is 13.5. The van der Waals surface area contributed by atoms with Crippen LogP contribution in [-0.4, -0.2) is 113 Å². The van der Waals surface area contributed by atoms with Gasteiger partial charge in [0.05, 0.1) is 17.7 Å². The van der Waals surface area contributed by atoms with Crippen molar-refractivity contribution in [3.8, 4) is 11.5 Å². The molecule has 1 saturated heterocycles. The Bertz CT molecular complexity index is 2180. The number of fused-ring (bicyclic) bond motifs is 2. The number of carbonyl (C=O) groups is 5. The Morgan fingerprint density at radius 2 is 1.86 bits per heavy atom. The van der Waals surface area contributed by atoms with Crippen molar-refractivity contribution in [3.05, 3.63) is 63.7 Å². The van der Waals surface area contributed by atoms with Crippen molar-refractivity contribution in [1.82, 2.24) is 34.8 Å². The van der Waals surface area contributed by atoms with Gasteiger partial charge in [-0.1, -0.05) is 5.16 Å². The summed E-state index contributed by atoms with van der Waals surface area (Å²) in [4.78, 5) is 80.7. The molecule has 8 N–H and O–H groups in total. The SMILES string of the molecule is Nc1nc(C(=NOCc2cc(O)c(O)cc2C(=O)O)C(=O)N[C@@H]2C(=O)N3C(C(=O)O)=C(CSc4cc(CC(=O)O)nc5ncnn45)CS[C@H]23)cs1. The highest BCUT2D eigenvalue weighted by atomic mass is 32.2. The average molecular weight is 758 g/mol. The number of carbonyl (C=O) groups excluding carboxylic acids is 2. The molecule has 20 nitrogen and oxygen atoms in total. The number of phenolic OH excluding ortho intramolecular Hbond substituents is 2. The van der Waals surface area contributed by atoms with Gasteiger partial charge in [0.2, 0.25) is 0 Å². The van der Waals surface area contributed by atoms with E-state index in [9.17, 15) is 49.5 Å². The third-order valence-corrected chi connectivity index (χ3v) is 10.4. The van der Waals surface area contributed by atoms with Gasteiger partial charge in [0.25, 0.3) is 17.6 Å². The molecule has 51 heavy (non-hydrogen) atoms. The smallest absolute Gasteiger partial charge is 0.352 e. The van der Waals surface area contributed by atoms with Crippen LogP contribution in [0.1, 0.15) is 27.3 Å². The van der Waals surface area contributed by atoms with Crippen molar-refractivity contribution >= 4 is 81.2 Å². The fraction of sp³-hybridized carbons (Fsp3) is 0.214. The second-order valence-corrected chi connectivity index (χ2v) is 13.6. The van der Waals surface area contributed by atoms with E-state index in [0.29, 0.717) is 10.6 Å². The lowest BCUT2D eigenvalue weighted by molar-refractivity contribution is -0.150. The van der Waals surface area contributed by atoms with E-state index in [1.54, 1.807) is 0 Å². The number of aromatic nitrogens is 5. The van der Waals surface area contributed by atoms with Crippen LogP contribution in [0.2, 0.25) is 0 Å². The minimum atomic E-state index is -1.43. The average Bonchev–Trinajstić information content (AvgIpc) is 3.73. The number of hydrogen-bond donors (Lipinski definition) is 7. The summed E-state index contributed by atoms with van der Waals surface area (Å²) in [6.07, 6.45) is 0.880. The van der Waals surface area contributed by atoms with Gasteiger partial charge < -0.3 is 41.4 Å². The Morgan fingerprint density at radius 1 is 1.10 bits per heavy atom. The molecular weight excluding hydrogens is 735 g/mol. The first-order valence-electron chi connectivity index (χ1n) is 14.3. The number of anilines is 1. The fourth-order valence-electron chi connectivity index (χ4n) is 5.05. The molecule has 23 heteroatoms. The number of benzene rings is 1. The summed E-state index contributed by atoms with van der Waals surface area (Å²) in [6.45, 7) is -0.559. The molecule has 0 radical (unpaired) electrons. The number of β-lactam (4-membered cyclic amide) rings is 1. The molecule has 0 aliphatic carbocycles. The molecule has 2 atom stereocenters. The topological polar surface area (TPSA) is 305 Å². The number of amides is 2. The summed E-state index contributed by atoms with van der Waals surface area (Å²) in [5.74, 6) is -6.40. The van der Waals surface area contributed by atoms with Crippen LogP contribution in [0.4, 0.5) is 5.13 Å². The number of hydrogen-bond acceptors (Lipinski definition) is 17. The standard InChI is InChI=1S/C28H23N9O11S3/c29-27-33-14(8-51-27)19(35-48-5-10-1-15(38)16(39)4-13(10)25(44)45)22(42)34-20-23(43)36-21(26(46)47)11(7-50-24(20)36)6-49-17-2-12(3-18(40)41)32-28-30-9-31-37(17)28/h1-2,4,8-9,20,24,38-39H,3,5-7H2,(H2,29,33)(H,34,42)(H,40,41)(H,44,45)(H,46,47)/t20-,24-/m1/s1. The highest BCUT2D eigenvalue weighted by Gasteiger charge is 2.54. The number of thioether (sulfide) groups is 2. The number of nitrogens with zero attached hydrogens (tertiary/aromatic N) is 7. The zero-order valence-electron chi connectivity index (χ0n) is 25.5. The number of aliphatic carboxylic acids is 2. The normalized spacial score (nSPS) is 17.2. The van der Waals surface area contributed by atoms with Crippen molar-refractivity contribution in [1.29, 1.82) is 0 Å². The number of aromatic hydroxyl groups is 2. The molecular formula is C28H23N9O11S3. The molecule has 0 unspecified atom stereocenters. The van der Waals surface area contributed by atoms with E-state index in [1.165, 1.54) is 34.1 Å². The van der Waals surface area contributed by atoms with Gasteiger partial charge in [-0.3, -0.25) is 19.3 Å². The van der Waals surface area contributed by atoms with Crippen molar-refractivity contribution < 1.29 is 54.3 Å². The molecule has 2 amide bonds. The van der Waals surface area contributed by atoms with E-state index in [-0.39, 0.29) is 51.5 Å². The molecule has 2 aliphatic heterocycles. The first kappa shape index (κ1) is 34.9. The lowest BCUT2D eigenvalue weighted by atomic mass is 10.0. The van der Waals surface area contributed by atoms with Gasteiger partial charge in [-0.25, -0.2) is 19.6 Å². The van der Waals surface area contributed by atoms with Crippen molar-refractivity contribution in [2.75, 3.05) is 17.2 Å². The monoisotopic (exact) mass is 757 g/mol. The zero-order chi connectivity index (χ0) is 36.6. The predicted octanol–water partition coefficient (Wildman–Crippen LogP) is 0.351. The molecule has 1 fully saturated rings. The first-order valence-corrected chi connectivity index (χ1v) is 17.2. The third-order valence-electron chi connectivity index (χ3n) is 7.32. The minimum absolute atomic E-state index is 0.0310. The Kier molecular flexibility index (Phi) is 9.67. The molecule has 3 aromatic heterocycles. The minimum Gasteiger partial charge on any atom is -0.504 e. The quantitative estimate of drug-likeness (QED) is 0.0242. The molecule has 6 rings (SSSR count). The van der Waals surface area contributed by atoms with Gasteiger partial charge in [0.15, 0.2) is 22.3 Å². The third kappa shape index (κ3) is 7.06. The lowest BCUT2D eigenvalue weighted by Crippen LogP contribution is -2.71. The predicted molar refractivity (Wildman–Crippen MR) is 177 cm³/mol. The summed E-state index contributed by atoms with van der Waals surface area (Å²) < 4.78 is 1.38. The second-order valence-electron chi connectivity index (χ2n) is 10.6. The Labute approximate surface area is 296 Å². The van der Waals surface area contributed by atoms with Crippen LogP contribution in [0, 0.1) is 0 Å². The molecule has 264 valence electrons. The highest BCUT2D eigenvalue weighted by molar-refractivity contribution is 8.01. The number of thiazole rings is 1. The van der Waals surface area contributed by atoms with Crippen LogP contribution in [0.15, 0.2) is 51.4 Å². The first-order chi connectivity index (χ1) is 24.3. The summed E-state index contributed by atoms with van der Waals surface area (Å²) >= 11 is 3.34. The van der Waals surface area contributed by atoms with Crippen molar-refractivity contribution in [2.24, 2.45) is 5.16 Å². The Hall–Kier alpha value is -5.94. The lowest BCUT2D eigenvalue weighted by Gasteiger charge is -2.49. The Morgan fingerprint density at radius 3 is 2.55 bits per heavy atom. The van der Waals surface area contributed by atoms with Crippen LogP contribution >= 0.6 is 34.9 Å². The van der Waals surface area contributed by atoms with Crippen LogP contribution in [0.25, 0.3) is 5.78 Å². The van der Waals surface area contributed by atoms with Crippen molar-refractivity contribution in [2.45, 2.75) is 29.5 Å². The van der Waals surface area contributed by atoms with Gasteiger partial charge in [-0.05, 0) is 23.8 Å². The molecule has 0 spiro atoms. The number of phenols is 2. The van der Waals surface area contributed by atoms with E-state index in [4.69, 9.17) is 10.6 Å². The largest absolute Gasteiger partial charge is 0.504 e. The van der Waals surface area contributed by atoms with Crippen LogP contribution in [0.5, 0.6) is 11.5 Å². The van der Waals surface area contributed by atoms with Gasteiger partial charge in [0.1, 0.15) is 40.8 Å². The number of nitrogens with one attached hydrogen (secondary N) is 1. The zero-order valence-corrected chi connectivity index (χ0v) is 27.9. The molecule has 0 bridgehead atoms. The number of rotatable bonds is 13.